The Morgan fingerprint density at radius 3 is 2.42 bits per heavy atom. The van der Waals surface area contributed by atoms with E-state index in [0.29, 0.717) is 45.6 Å². The van der Waals surface area contributed by atoms with Crippen LogP contribution in [0.2, 0.25) is 0 Å². The van der Waals surface area contributed by atoms with Crippen molar-refractivity contribution in [1.29, 1.82) is 0 Å². The van der Waals surface area contributed by atoms with Crippen molar-refractivity contribution in [1.82, 2.24) is 4.90 Å². The normalized spacial score (nSPS) is 30.3. The molecule has 2 aliphatic heterocycles. The molecule has 3 N–H and O–H groups in total. The van der Waals surface area contributed by atoms with Crippen molar-refractivity contribution < 1.29 is 19.4 Å². The van der Waals surface area contributed by atoms with Gasteiger partial charge in [-0.15, -0.1) is 0 Å². The molecule has 2 aliphatic rings. The summed E-state index contributed by atoms with van der Waals surface area (Å²) >= 11 is 0. The van der Waals surface area contributed by atoms with Crippen molar-refractivity contribution in [2.24, 2.45) is 16.6 Å². The number of hydrogen-bond donors (Lipinski definition) is 2. The first-order valence-corrected chi connectivity index (χ1v) is 6.74. The zero-order valence-electron chi connectivity index (χ0n) is 11.4. The Bertz CT molecular complexity index is 379. The predicted molar refractivity (Wildman–Crippen MR) is 68.5 cm³/mol. The number of likely N-dealkylation sites (tertiary alicyclic amines) is 1. The van der Waals surface area contributed by atoms with Crippen LogP contribution in [0.4, 0.5) is 0 Å². The Balaban J connectivity index is 2.10. The Labute approximate surface area is 112 Å². The summed E-state index contributed by atoms with van der Waals surface area (Å²) in [5.74, 6) is -0.833. The van der Waals surface area contributed by atoms with E-state index in [0.717, 1.165) is 0 Å². The zero-order valence-corrected chi connectivity index (χ0v) is 11.4. The molecule has 6 heteroatoms. The lowest BCUT2D eigenvalue weighted by Crippen LogP contribution is -2.50. The summed E-state index contributed by atoms with van der Waals surface area (Å²) < 4.78 is 5.30. The van der Waals surface area contributed by atoms with Crippen LogP contribution in [0.15, 0.2) is 0 Å². The highest BCUT2D eigenvalue weighted by atomic mass is 16.5. The highest BCUT2D eigenvalue weighted by molar-refractivity contribution is 5.85. The second-order valence-corrected chi connectivity index (χ2v) is 5.94. The molecule has 0 aromatic carbocycles. The number of carbonyl (C=O) groups is 2. The molecule has 108 valence electrons. The number of nitrogens with zero attached hydrogens (tertiary/aromatic N) is 1. The summed E-state index contributed by atoms with van der Waals surface area (Å²) in [6.45, 7) is 3.88. The maximum absolute atomic E-state index is 12.7. The van der Waals surface area contributed by atoms with Crippen molar-refractivity contribution in [3.05, 3.63) is 0 Å². The minimum Gasteiger partial charge on any atom is -0.481 e. The molecule has 19 heavy (non-hydrogen) atoms. The van der Waals surface area contributed by atoms with Crippen LogP contribution in [-0.4, -0.2) is 54.7 Å². The maximum atomic E-state index is 12.7. The fraction of sp³-hybridized carbons (Fsp3) is 0.846. The fourth-order valence-electron chi connectivity index (χ4n) is 2.91. The van der Waals surface area contributed by atoms with Gasteiger partial charge in [0.25, 0.3) is 0 Å². The number of aliphatic carboxylic acids is 1. The van der Waals surface area contributed by atoms with Gasteiger partial charge >= 0.3 is 5.97 Å². The van der Waals surface area contributed by atoms with E-state index < -0.39 is 16.8 Å². The second-order valence-electron chi connectivity index (χ2n) is 5.94. The molecule has 1 amide bonds. The van der Waals surface area contributed by atoms with Crippen molar-refractivity contribution in [3.8, 4) is 0 Å². The van der Waals surface area contributed by atoms with Crippen molar-refractivity contribution >= 4 is 11.9 Å². The average molecular weight is 270 g/mol. The largest absolute Gasteiger partial charge is 0.481 e. The van der Waals surface area contributed by atoms with Crippen LogP contribution < -0.4 is 5.73 Å². The number of carboxylic acid groups (broad SMARTS) is 1. The molecule has 2 fully saturated rings. The van der Waals surface area contributed by atoms with Gasteiger partial charge < -0.3 is 20.5 Å². The molecule has 2 saturated heterocycles. The molecule has 0 aromatic heterocycles. The number of carboxylic acids is 1. The van der Waals surface area contributed by atoms with E-state index in [4.69, 9.17) is 10.5 Å². The van der Waals surface area contributed by atoms with E-state index in [9.17, 15) is 14.7 Å². The molecular formula is C13H22N2O4. The van der Waals surface area contributed by atoms with Gasteiger partial charge in [0.15, 0.2) is 0 Å². The third-order valence-corrected chi connectivity index (χ3v) is 4.57. The first kappa shape index (κ1) is 14.3. The van der Waals surface area contributed by atoms with Crippen LogP contribution in [0.5, 0.6) is 0 Å². The minimum absolute atomic E-state index is 0.00303. The van der Waals surface area contributed by atoms with Gasteiger partial charge in [0.1, 0.15) is 0 Å². The number of hydrogen-bond acceptors (Lipinski definition) is 4. The molecule has 0 aromatic rings. The van der Waals surface area contributed by atoms with Crippen LogP contribution in [0.3, 0.4) is 0 Å². The first-order valence-electron chi connectivity index (χ1n) is 6.74. The van der Waals surface area contributed by atoms with Crippen LogP contribution >= 0.6 is 0 Å². The minimum atomic E-state index is -0.837. The number of nitrogens with two attached hydrogens (primary N) is 1. The summed E-state index contributed by atoms with van der Waals surface area (Å²) in [5.41, 5.74) is 4.44. The maximum Gasteiger partial charge on any atom is 0.311 e. The van der Waals surface area contributed by atoms with Gasteiger partial charge in [-0.3, -0.25) is 9.59 Å². The van der Waals surface area contributed by atoms with Crippen LogP contribution in [0, 0.1) is 10.8 Å². The Hall–Kier alpha value is -1.14. The standard InChI is InChI=1S/C13H22N2O4/c1-12(11(17)18)2-5-15(9-12)10(16)13(8-14)3-6-19-7-4-13/h2-9,14H2,1H3,(H,17,18). The summed E-state index contributed by atoms with van der Waals surface area (Å²) in [6.07, 6.45) is 1.76. The SMILES string of the molecule is CC1(C(=O)O)CCN(C(=O)C2(CN)CCOCC2)C1. The monoisotopic (exact) mass is 270 g/mol. The lowest BCUT2D eigenvalue weighted by molar-refractivity contribution is -0.150. The zero-order chi connectivity index (χ0) is 14.1. The van der Waals surface area contributed by atoms with Crippen LogP contribution in [-0.2, 0) is 14.3 Å². The van der Waals surface area contributed by atoms with Crippen molar-refractivity contribution in [2.75, 3.05) is 32.8 Å². The van der Waals surface area contributed by atoms with Gasteiger partial charge in [-0.1, -0.05) is 0 Å². The fourth-order valence-corrected chi connectivity index (χ4v) is 2.91. The topological polar surface area (TPSA) is 92.9 Å². The average Bonchev–Trinajstić information content (AvgIpc) is 2.83. The molecule has 0 spiro atoms. The third kappa shape index (κ3) is 2.47. The molecule has 0 radical (unpaired) electrons. The molecule has 6 nitrogen and oxygen atoms in total. The quantitative estimate of drug-likeness (QED) is 0.756. The molecule has 0 aliphatic carbocycles. The Morgan fingerprint density at radius 1 is 1.32 bits per heavy atom. The van der Waals surface area contributed by atoms with Gasteiger partial charge in [-0.2, -0.15) is 0 Å². The Morgan fingerprint density at radius 2 is 1.95 bits per heavy atom. The van der Waals surface area contributed by atoms with Gasteiger partial charge in [0, 0.05) is 32.8 Å². The molecule has 0 bridgehead atoms. The van der Waals surface area contributed by atoms with Crippen molar-refractivity contribution in [3.63, 3.8) is 0 Å². The van der Waals surface area contributed by atoms with E-state index in [1.54, 1.807) is 11.8 Å². The predicted octanol–water partition coefficient (Wildman–Crippen LogP) is 0.0651. The van der Waals surface area contributed by atoms with E-state index >= 15 is 0 Å². The smallest absolute Gasteiger partial charge is 0.311 e. The Kier molecular flexibility index (Phi) is 3.82. The molecule has 0 saturated carbocycles. The van der Waals surface area contributed by atoms with Gasteiger partial charge in [-0.05, 0) is 26.2 Å². The van der Waals surface area contributed by atoms with Gasteiger partial charge in [-0.25, -0.2) is 0 Å². The number of carbonyl (C=O) groups excluding carboxylic acids is 1. The van der Waals surface area contributed by atoms with E-state index in [1.165, 1.54) is 0 Å². The molecular weight excluding hydrogens is 248 g/mol. The first-order chi connectivity index (χ1) is 8.93. The number of rotatable bonds is 3. The van der Waals surface area contributed by atoms with Crippen LogP contribution in [0.1, 0.15) is 26.2 Å². The molecule has 2 heterocycles. The van der Waals surface area contributed by atoms with E-state index in [1.807, 2.05) is 0 Å². The molecule has 1 unspecified atom stereocenters. The summed E-state index contributed by atoms with van der Waals surface area (Å²) in [5, 5.41) is 9.22. The molecule has 2 rings (SSSR count). The lowest BCUT2D eigenvalue weighted by atomic mass is 9.79. The number of ether oxygens (including phenoxy) is 1. The summed E-state index contributed by atoms with van der Waals surface area (Å²) in [6, 6.07) is 0. The van der Waals surface area contributed by atoms with Gasteiger partial charge in [0.2, 0.25) is 5.91 Å². The summed E-state index contributed by atoms with van der Waals surface area (Å²) in [4.78, 5) is 25.6. The highest BCUT2D eigenvalue weighted by Crippen LogP contribution is 2.37. The van der Waals surface area contributed by atoms with Crippen LogP contribution in [0.25, 0.3) is 0 Å². The van der Waals surface area contributed by atoms with E-state index in [-0.39, 0.29) is 12.5 Å². The highest BCUT2D eigenvalue weighted by Gasteiger charge is 2.48. The lowest BCUT2D eigenvalue weighted by Gasteiger charge is -2.37. The second kappa shape index (κ2) is 5.09. The van der Waals surface area contributed by atoms with Crippen molar-refractivity contribution in [2.45, 2.75) is 26.2 Å². The third-order valence-electron chi connectivity index (χ3n) is 4.57. The number of amides is 1. The van der Waals surface area contributed by atoms with E-state index in [2.05, 4.69) is 0 Å². The van der Waals surface area contributed by atoms with Gasteiger partial charge in [0.05, 0.1) is 10.8 Å². The molecule has 1 atom stereocenters. The summed E-state index contributed by atoms with van der Waals surface area (Å²) in [7, 11) is 0.